The molecule has 3 nitrogen and oxygen atoms in total. The van der Waals surface area contributed by atoms with Gasteiger partial charge in [-0.2, -0.15) is 0 Å². The van der Waals surface area contributed by atoms with Gasteiger partial charge in [0.2, 0.25) is 0 Å². The highest BCUT2D eigenvalue weighted by Gasteiger charge is 2.28. The van der Waals surface area contributed by atoms with Crippen LogP contribution in [0.3, 0.4) is 0 Å². The fraction of sp³-hybridized carbons (Fsp3) is 0.304. The first kappa shape index (κ1) is 40.0. The highest BCUT2D eigenvalue weighted by atomic mass is 28.3. The molecule has 304 valence electrons. The van der Waals surface area contributed by atoms with Crippen molar-refractivity contribution in [2.24, 2.45) is 0 Å². The molecule has 9 aromatic rings. The van der Waals surface area contributed by atoms with Crippen molar-refractivity contribution in [1.29, 1.82) is 0 Å². The van der Waals surface area contributed by atoms with Crippen molar-refractivity contribution in [2.45, 2.75) is 112 Å². The lowest BCUT2D eigenvalue weighted by molar-refractivity contribution is 0.569. The number of aromatic nitrogens is 2. The molecule has 0 atom stereocenters. The molecule has 9 rings (SSSR count). The number of benzene rings is 7. The summed E-state index contributed by atoms with van der Waals surface area (Å²) >= 11 is 0. The van der Waals surface area contributed by atoms with Crippen molar-refractivity contribution in [3.8, 4) is 28.2 Å². The third-order valence-electron chi connectivity index (χ3n) is 12.8. The molecule has 0 unspecified atom stereocenters. The fourth-order valence-electron chi connectivity index (χ4n) is 9.07. The number of hydrogen-bond acceptors (Lipinski definition) is 2. The summed E-state index contributed by atoms with van der Waals surface area (Å²) in [6, 6.07) is 43.5. The van der Waals surface area contributed by atoms with Crippen LogP contribution in [-0.2, 0) is 10.8 Å². The van der Waals surface area contributed by atoms with Crippen molar-refractivity contribution in [3.05, 3.63) is 138 Å². The topological polar surface area (TPSA) is 31.0 Å². The fourth-order valence-corrected chi connectivity index (χ4v) is 10.2. The van der Waals surface area contributed by atoms with Gasteiger partial charge in [-0.3, -0.25) is 4.57 Å². The lowest BCUT2D eigenvalue weighted by Crippen LogP contribution is -2.37. The Morgan fingerprint density at radius 3 is 1.82 bits per heavy atom. The van der Waals surface area contributed by atoms with E-state index >= 15 is 0 Å². The van der Waals surface area contributed by atoms with E-state index in [-0.39, 0.29) is 22.7 Å². The number of fused-ring (bicyclic) bond motifs is 7. The van der Waals surface area contributed by atoms with Gasteiger partial charge in [-0.05, 0) is 120 Å². The summed E-state index contributed by atoms with van der Waals surface area (Å²) in [7, 11) is -1.68. The average Bonchev–Trinajstić information content (AvgIpc) is 3.76. The van der Waals surface area contributed by atoms with E-state index in [4.69, 9.17) is 9.40 Å². The van der Waals surface area contributed by atoms with Crippen LogP contribution in [0, 0.1) is 0 Å². The smallest absolute Gasteiger partial charge is 0.149 e. The Morgan fingerprint density at radius 1 is 0.567 bits per heavy atom. The quantitative estimate of drug-likeness (QED) is 0.124. The predicted octanol–water partition coefficient (Wildman–Crippen LogP) is 16.0. The molecule has 7 aromatic carbocycles. The standard InChI is InChI=1S/C56H60N2OSi/c1-33(2)45-28-38(37-25-39(55(5,6)7)30-40(26-37)56(8,9)10)29-46(34(3)4)52(45)58-50-31-41(60(11,12)13)23-24-49(50)57-54(58)44-20-16-19-43-48-27-36-22-21-35-17-14-15-18-42(35)47(36)32-51(48)59-53(43)44/h14-34H,1-13H3. The van der Waals surface area contributed by atoms with Gasteiger partial charge in [0, 0.05) is 10.8 Å². The van der Waals surface area contributed by atoms with Crippen LogP contribution in [-0.4, -0.2) is 17.6 Å². The zero-order valence-corrected chi connectivity index (χ0v) is 38.9. The molecular formula is C56H60N2OSi. The maximum Gasteiger partial charge on any atom is 0.149 e. The van der Waals surface area contributed by atoms with E-state index in [1.54, 1.807) is 0 Å². The van der Waals surface area contributed by atoms with E-state index in [9.17, 15) is 0 Å². The molecule has 2 aromatic heterocycles. The van der Waals surface area contributed by atoms with Crippen molar-refractivity contribution in [3.63, 3.8) is 0 Å². The van der Waals surface area contributed by atoms with E-state index in [0.717, 1.165) is 44.4 Å². The van der Waals surface area contributed by atoms with Crippen LogP contribution in [0.25, 0.3) is 82.7 Å². The van der Waals surface area contributed by atoms with Crippen LogP contribution in [0.15, 0.2) is 120 Å². The summed E-state index contributed by atoms with van der Waals surface area (Å²) in [6.07, 6.45) is 0. The molecule has 2 heterocycles. The van der Waals surface area contributed by atoms with Crippen LogP contribution >= 0.6 is 0 Å². The van der Waals surface area contributed by atoms with Crippen LogP contribution in [0.1, 0.15) is 103 Å². The normalized spacial score (nSPS) is 13.1. The van der Waals surface area contributed by atoms with Crippen LogP contribution in [0.2, 0.25) is 19.6 Å². The second-order valence-corrected chi connectivity index (χ2v) is 26.1. The van der Waals surface area contributed by atoms with Crippen LogP contribution in [0.5, 0.6) is 0 Å². The van der Waals surface area contributed by atoms with Gasteiger partial charge < -0.3 is 4.42 Å². The Bertz CT molecular complexity index is 3090. The predicted molar refractivity (Wildman–Crippen MR) is 263 cm³/mol. The first-order chi connectivity index (χ1) is 28.3. The van der Waals surface area contributed by atoms with Gasteiger partial charge in [0.1, 0.15) is 17.0 Å². The van der Waals surface area contributed by atoms with E-state index in [1.165, 1.54) is 65.8 Å². The molecule has 0 aliphatic rings. The van der Waals surface area contributed by atoms with Gasteiger partial charge in [-0.25, -0.2) is 4.98 Å². The second kappa shape index (κ2) is 14.1. The van der Waals surface area contributed by atoms with Crippen LogP contribution in [0.4, 0.5) is 0 Å². The third-order valence-corrected chi connectivity index (χ3v) is 14.8. The zero-order valence-electron chi connectivity index (χ0n) is 37.9. The molecule has 0 aliphatic carbocycles. The summed E-state index contributed by atoms with van der Waals surface area (Å²) in [5.74, 6) is 1.42. The molecule has 0 amide bonds. The maximum atomic E-state index is 7.02. The molecule has 0 saturated carbocycles. The number of para-hydroxylation sites is 1. The molecule has 0 N–H and O–H groups in total. The van der Waals surface area contributed by atoms with Gasteiger partial charge in [-0.1, -0.05) is 167 Å². The molecule has 0 saturated heterocycles. The monoisotopic (exact) mass is 804 g/mol. The van der Waals surface area contributed by atoms with E-state index < -0.39 is 8.07 Å². The van der Waals surface area contributed by atoms with E-state index in [0.29, 0.717) is 0 Å². The molecule has 4 heteroatoms. The summed E-state index contributed by atoms with van der Waals surface area (Å²) in [6.45, 7) is 30.7. The third kappa shape index (κ3) is 6.78. The Hall–Kier alpha value is -5.45. The van der Waals surface area contributed by atoms with Gasteiger partial charge >= 0.3 is 0 Å². The minimum absolute atomic E-state index is 0.0224. The summed E-state index contributed by atoms with van der Waals surface area (Å²) < 4.78 is 9.53. The van der Waals surface area contributed by atoms with E-state index in [2.05, 4.69) is 209 Å². The Balaban J connectivity index is 1.36. The molecule has 0 bridgehead atoms. The second-order valence-electron chi connectivity index (χ2n) is 21.0. The first-order valence-electron chi connectivity index (χ1n) is 21.9. The molecular weight excluding hydrogens is 745 g/mol. The number of imidazole rings is 1. The highest BCUT2D eigenvalue weighted by Crippen LogP contribution is 2.44. The Morgan fingerprint density at radius 2 is 1.18 bits per heavy atom. The molecule has 0 aliphatic heterocycles. The average molecular weight is 805 g/mol. The van der Waals surface area contributed by atoms with Gasteiger partial charge in [0.05, 0.1) is 30.4 Å². The number of hydrogen-bond donors (Lipinski definition) is 0. The molecule has 0 radical (unpaired) electrons. The summed E-state index contributed by atoms with van der Waals surface area (Å²) in [5.41, 5.74) is 14.1. The maximum absolute atomic E-state index is 7.02. The highest BCUT2D eigenvalue weighted by molar-refractivity contribution is 6.88. The summed E-state index contributed by atoms with van der Waals surface area (Å²) in [5, 5.41) is 8.55. The first-order valence-corrected chi connectivity index (χ1v) is 25.4. The number of furan rings is 1. The SMILES string of the molecule is CC(C)c1cc(-c2cc(C(C)(C)C)cc(C(C)(C)C)c2)cc(C(C)C)c1-n1c(-c2cccc3c2oc2cc4c(ccc5ccccc54)cc23)nc2ccc([Si](C)(C)C)cc21. The van der Waals surface area contributed by atoms with Gasteiger partial charge in [0.15, 0.2) is 0 Å². The minimum atomic E-state index is -1.68. The molecule has 0 fully saturated rings. The van der Waals surface area contributed by atoms with Crippen LogP contribution < -0.4 is 5.19 Å². The minimum Gasteiger partial charge on any atom is -0.455 e. The summed E-state index contributed by atoms with van der Waals surface area (Å²) in [4.78, 5) is 5.58. The van der Waals surface area contributed by atoms with Crippen molar-refractivity contribution in [2.75, 3.05) is 0 Å². The largest absolute Gasteiger partial charge is 0.455 e. The zero-order chi connectivity index (χ0) is 42.6. The van der Waals surface area contributed by atoms with Crippen molar-refractivity contribution >= 4 is 67.8 Å². The lowest BCUT2D eigenvalue weighted by Gasteiger charge is -2.28. The number of rotatable bonds is 6. The van der Waals surface area contributed by atoms with E-state index in [1.807, 2.05) is 0 Å². The molecule has 0 spiro atoms. The van der Waals surface area contributed by atoms with Gasteiger partial charge in [0.25, 0.3) is 0 Å². The molecule has 60 heavy (non-hydrogen) atoms. The Labute approximate surface area is 357 Å². The van der Waals surface area contributed by atoms with Gasteiger partial charge in [-0.15, -0.1) is 0 Å². The Kier molecular flexibility index (Phi) is 9.37. The number of nitrogens with zero attached hydrogens (tertiary/aromatic N) is 2. The lowest BCUT2D eigenvalue weighted by atomic mass is 9.78. The van der Waals surface area contributed by atoms with Crippen molar-refractivity contribution < 1.29 is 4.42 Å². The van der Waals surface area contributed by atoms with Crippen molar-refractivity contribution in [1.82, 2.24) is 9.55 Å².